The van der Waals surface area contributed by atoms with Crippen LogP contribution < -0.4 is 0 Å². The van der Waals surface area contributed by atoms with Crippen molar-refractivity contribution in [3.63, 3.8) is 0 Å². The highest BCUT2D eigenvalue weighted by molar-refractivity contribution is 4.64. The van der Waals surface area contributed by atoms with Crippen LogP contribution in [0, 0.1) is 5.92 Å². The van der Waals surface area contributed by atoms with E-state index in [1.165, 1.54) is 302 Å². The number of unbranched alkanes of at least 4 members (excludes halogenated alkanes) is 32. The molecule has 0 fully saturated rings. The highest BCUT2D eigenvalue weighted by Crippen LogP contribution is 2.26. The van der Waals surface area contributed by atoms with Crippen molar-refractivity contribution >= 4 is 0 Å². The van der Waals surface area contributed by atoms with Gasteiger partial charge in [0.25, 0.3) is 0 Å². The van der Waals surface area contributed by atoms with Crippen LogP contribution in [0.3, 0.4) is 0 Å². The topological polar surface area (TPSA) is 27.7 Å². The molecule has 0 saturated heterocycles. The van der Waals surface area contributed by atoms with Crippen LogP contribution >= 0.6 is 0 Å². The number of ether oxygens (including phenoxy) is 3. The van der Waals surface area contributed by atoms with Gasteiger partial charge in [-0.15, -0.1) is 0 Å². The second kappa shape index (κ2) is 51.5. The van der Waals surface area contributed by atoms with Crippen LogP contribution in [0.25, 0.3) is 0 Å². The van der Waals surface area contributed by atoms with Crippen LogP contribution in [0.15, 0.2) is 0 Å². The molecule has 3 heteroatoms. The zero-order chi connectivity index (χ0) is 43.7. The molecule has 0 bridgehead atoms. The lowest BCUT2D eigenvalue weighted by molar-refractivity contribution is 0.0831. The average molecular weight is 850 g/mol. The molecule has 0 aromatic rings. The first-order chi connectivity index (χ1) is 29.6. The molecule has 3 unspecified atom stereocenters. The van der Waals surface area contributed by atoms with Gasteiger partial charge in [0, 0.05) is 21.3 Å². The smallest absolute Gasteiger partial charge is 0.0571 e. The van der Waals surface area contributed by atoms with Crippen LogP contribution in [-0.2, 0) is 14.2 Å². The van der Waals surface area contributed by atoms with Gasteiger partial charge in [0.05, 0.1) is 18.3 Å². The molecule has 0 spiro atoms. The molecule has 0 aliphatic heterocycles. The van der Waals surface area contributed by atoms with E-state index in [-0.39, 0.29) is 0 Å². The minimum atomic E-state index is 0.504. The van der Waals surface area contributed by atoms with Crippen LogP contribution in [-0.4, -0.2) is 39.6 Å². The highest BCUT2D eigenvalue weighted by atomic mass is 16.5. The summed E-state index contributed by atoms with van der Waals surface area (Å²) in [5, 5.41) is 0. The largest absolute Gasteiger partial charge is 0.381 e. The summed E-state index contributed by atoms with van der Waals surface area (Å²) in [5.41, 5.74) is 0. The summed E-state index contributed by atoms with van der Waals surface area (Å²) < 4.78 is 17.3. The van der Waals surface area contributed by atoms with Crippen molar-refractivity contribution in [1.29, 1.82) is 0 Å². The van der Waals surface area contributed by atoms with E-state index in [1.54, 1.807) is 0 Å². The average Bonchev–Trinajstić information content (AvgIpc) is 3.26. The lowest BCUT2D eigenvalue weighted by Crippen LogP contribution is -2.10. The lowest BCUT2D eigenvalue weighted by atomic mass is 9.89. The molecule has 0 aliphatic rings. The molecule has 0 aromatic heterocycles. The maximum Gasteiger partial charge on any atom is 0.0571 e. The SMILES string of the molecule is CCCCCCC(CCCCCCCCCCCC(CCCCCCCCCCCC(CCCCCC)OC)CCCCCCCCCCC(CCCCCC)OC)OC. The number of hydrogen-bond donors (Lipinski definition) is 0. The summed E-state index contributed by atoms with van der Waals surface area (Å²) in [5.74, 6) is 0.992. The normalized spacial score (nSPS) is 13.9. The summed E-state index contributed by atoms with van der Waals surface area (Å²) in [4.78, 5) is 0. The molecule has 60 heavy (non-hydrogen) atoms. The van der Waals surface area contributed by atoms with Gasteiger partial charge in [-0.05, 0) is 44.4 Å². The van der Waals surface area contributed by atoms with Crippen molar-refractivity contribution in [1.82, 2.24) is 0 Å². The predicted molar refractivity (Wildman–Crippen MR) is 270 cm³/mol. The van der Waals surface area contributed by atoms with Gasteiger partial charge >= 0.3 is 0 Å². The van der Waals surface area contributed by atoms with E-state index >= 15 is 0 Å². The zero-order valence-electron chi connectivity index (χ0n) is 42.8. The summed E-state index contributed by atoms with van der Waals surface area (Å²) in [6, 6.07) is 0. The van der Waals surface area contributed by atoms with E-state index < -0.39 is 0 Å². The van der Waals surface area contributed by atoms with Gasteiger partial charge < -0.3 is 14.2 Å². The van der Waals surface area contributed by atoms with Crippen LogP contribution in [0.5, 0.6) is 0 Å². The Morgan fingerprint density at radius 3 is 0.517 bits per heavy atom. The van der Waals surface area contributed by atoms with Crippen molar-refractivity contribution in [2.75, 3.05) is 21.3 Å². The van der Waals surface area contributed by atoms with Gasteiger partial charge in [0.1, 0.15) is 0 Å². The third kappa shape index (κ3) is 44.5. The first-order valence-corrected chi connectivity index (χ1v) is 28.2. The number of methoxy groups -OCH3 is 3. The molecule has 362 valence electrons. The van der Waals surface area contributed by atoms with Crippen LogP contribution in [0.1, 0.15) is 323 Å². The van der Waals surface area contributed by atoms with E-state index in [0.717, 1.165) is 5.92 Å². The molecule has 0 aromatic carbocycles. The Labute approximate surface area is 381 Å². The summed E-state index contributed by atoms with van der Waals surface area (Å²) in [7, 11) is 5.77. The standard InChI is InChI=1S/C57H116O3/c1-7-10-13-39-48-55(58-4)51-42-33-27-20-16-18-24-30-36-45-54(47-38-32-26-22-23-29-35-44-53-57(60-6)50-41-15-12-9-3)46-37-31-25-19-17-21-28-34-43-52-56(59-5)49-40-14-11-8-2/h54-57H,7-53H2,1-6H3. The summed E-state index contributed by atoms with van der Waals surface area (Å²) in [6.45, 7) is 6.90. The maximum absolute atomic E-state index is 5.78. The molecule has 0 N–H and O–H groups in total. The number of rotatable bonds is 53. The molecule has 0 rings (SSSR count). The summed E-state index contributed by atoms with van der Waals surface area (Å²) in [6.07, 6.45) is 67.4. The fraction of sp³-hybridized carbons (Fsp3) is 1.00. The second-order valence-corrected chi connectivity index (χ2v) is 19.9. The Morgan fingerprint density at radius 2 is 0.350 bits per heavy atom. The molecule has 0 saturated carbocycles. The predicted octanol–water partition coefficient (Wildman–Crippen LogP) is 20.0. The van der Waals surface area contributed by atoms with Gasteiger partial charge in [-0.25, -0.2) is 0 Å². The Hall–Kier alpha value is -0.120. The van der Waals surface area contributed by atoms with Gasteiger partial charge in [-0.2, -0.15) is 0 Å². The van der Waals surface area contributed by atoms with Gasteiger partial charge in [0.2, 0.25) is 0 Å². The molecule has 3 atom stereocenters. The van der Waals surface area contributed by atoms with Crippen molar-refractivity contribution < 1.29 is 14.2 Å². The minimum absolute atomic E-state index is 0.504. The second-order valence-electron chi connectivity index (χ2n) is 19.9. The fourth-order valence-corrected chi connectivity index (χ4v) is 9.92. The van der Waals surface area contributed by atoms with Crippen LogP contribution in [0.2, 0.25) is 0 Å². The van der Waals surface area contributed by atoms with E-state index in [9.17, 15) is 0 Å². The molecule has 0 radical (unpaired) electrons. The van der Waals surface area contributed by atoms with E-state index in [4.69, 9.17) is 14.2 Å². The van der Waals surface area contributed by atoms with Gasteiger partial charge in [-0.1, -0.05) is 284 Å². The van der Waals surface area contributed by atoms with E-state index in [0.29, 0.717) is 18.3 Å². The lowest BCUT2D eigenvalue weighted by Gasteiger charge is -2.17. The highest BCUT2D eigenvalue weighted by Gasteiger charge is 2.11. The molecular weight excluding hydrogens is 733 g/mol. The Kier molecular flexibility index (Phi) is 51.4. The van der Waals surface area contributed by atoms with Crippen molar-refractivity contribution in [3.8, 4) is 0 Å². The first kappa shape index (κ1) is 59.9. The third-order valence-electron chi connectivity index (χ3n) is 14.3. The fourth-order valence-electron chi connectivity index (χ4n) is 9.92. The first-order valence-electron chi connectivity index (χ1n) is 28.2. The Bertz CT molecular complexity index is 714. The quantitative estimate of drug-likeness (QED) is 0.0571. The zero-order valence-corrected chi connectivity index (χ0v) is 42.8. The maximum atomic E-state index is 5.78. The van der Waals surface area contributed by atoms with E-state index in [2.05, 4.69) is 20.8 Å². The van der Waals surface area contributed by atoms with Crippen molar-refractivity contribution in [3.05, 3.63) is 0 Å². The Morgan fingerprint density at radius 1 is 0.200 bits per heavy atom. The van der Waals surface area contributed by atoms with Gasteiger partial charge in [-0.3, -0.25) is 0 Å². The van der Waals surface area contributed by atoms with Crippen LogP contribution in [0.4, 0.5) is 0 Å². The minimum Gasteiger partial charge on any atom is -0.381 e. The van der Waals surface area contributed by atoms with Crippen molar-refractivity contribution in [2.45, 2.75) is 341 Å². The molecule has 0 amide bonds. The Balaban J connectivity index is 4.21. The third-order valence-corrected chi connectivity index (χ3v) is 14.3. The molecular formula is C57H116O3. The number of hydrogen-bond acceptors (Lipinski definition) is 3. The van der Waals surface area contributed by atoms with Gasteiger partial charge in [0.15, 0.2) is 0 Å². The van der Waals surface area contributed by atoms with Crippen molar-refractivity contribution in [2.24, 2.45) is 5.92 Å². The van der Waals surface area contributed by atoms with E-state index in [1.807, 2.05) is 21.3 Å². The monoisotopic (exact) mass is 849 g/mol. The molecule has 0 heterocycles. The molecule has 0 aliphatic carbocycles. The summed E-state index contributed by atoms with van der Waals surface area (Å²) >= 11 is 0. The molecule has 3 nitrogen and oxygen atoms in total.